The van der Waals surface area contributed by atoms with Crippen molar-refractivity contribution in [2.75, 3.05) is 26.6 Å². The Morgan fingerprint density at radius 3 is 2.11 bits per heavy atom. The van der Waals surface area contributed by atoms with Gasteiger partial charge < -0.3 is 29.6 Å². The SMILES string of the molecule is C.COc1cc(S(=O)(=O)CCOSOO[O-])c(OC)cc1N=Nc1c(SOO[O-])cc2cc(S(=O)(=O)[O-])ccc2c1O.[Na+].[Na+].[Na+]. The van der Waals surface area contributed by atoms with Crippen LogP contribution < -0.4 is 109 Å². The minimum atomic E-state index is -4.82. The molecule has 0 saturated heterocycles. The number of hydrogen-bond donors (Lipinski definition) is 1. The molecule has 0 aromatic heterocycles. The van der Waals surface area contributed by atoms with Gasteiger partial charge in [-0.05, 0) is 29.7 Å². The molecular formula is C21H21N2Na3O15S4. The molecule has 0 radical (unpaired) electrons. The van der Waals surface area contributed by atoms with Gasteiger partial charge in [0.25, 0.3) is 0 Å². The van der Waals surface area contributed by atoms with E-state index in [1.807, 2.05) is 0 Å². The number of hydrogen-bond acceptors (Lipinski definition) is 19. The molecule has 0 saturated carbocycles. The summed E-state index contributed by atoms with van der Waals surface area (Å²) < 4.78 is 83.3. The summed E-state index contributed by atoms with van der Waals surface area (Å²) in [4.78, 5) is -0.942. The first-order valence-corrected chi connectivity index (χ1v) is 15.0. The Morgan fingerprint density at radius 1 is 0.889 bits per heavy atom. The number of sulfone groups is 1. The second-order valence-corrected chi connectivity index (χ2v) is 12.1. The molecular weight excluding hydrogens is 717 g/mol. The van der Waals surface area contributed by atoms with Crippen LogP contribution in [0.5, 0.6) is 17.2 Å². The maximum Gasteiger partial charge on any atom is 1.00 e. The van der Waals surface area contributed by atoms with Gasteiger partial charge in [-0.2, -0.15) is 4.33 Å². The fraction of sp³-hybridized carbons (Fsp3) is 0.238. The number of azo groups is 1. The maximum absolute atomic E-state index is 12.8. The normalized spacial score (nSPS) is 11.2. The number of phenols is 1. The van der Waals surface area contributed by atoms with Gasteiger partial charge in [0.1, 0.15) is 37.9 Å². The van der Waals surface area contributed by atoms with Gasteiger partial charge in [-0.1, -0.05) is 7.43 Å². The Labute approximate surface area is 333 Å². The summed E-state index contributed by atoms with van der Waals surface area (Å²) in [6.07, 6.45) is 0. The fourth-order valence-electron chi connectivity index (χ4n) is 3.29. The number of rotatable bonds is 15. The molecule has 3 rings (SSSR count). The predicted molar refractivity (Wildman–Crippen MR) is 140 cm³/mol. The van der Waals surface area contributed by atoms with Crippen molar-refractivity contribution < 1.29 is 158 Å². The Balaban J connectivity index is 0. The van der Waals surface area contributed by atoms with E-state index in [1.165, 1.54) is 32.4 Å². The van der Waals surface area contributed by atoms with Crippen molar-refractivity contribution >= 4 is 66.5 Å². The zero-order valence-corrected chi connectivity index (χ0v) is 32.8. The molecule has 0 heterocycles. The van der Waals surface area contributed by atoms with E-state index in [0.717, 1.165) is 18.2 Å². The van der Waals surface area contributed by atoms with Gasteiger partial charge in [-0.25, -0.2) is 16.8 Å². The first kappa shape index (κ1) is 47.3. The van der Waals surface area contributed by atoms with E-state index in [2.05, 4.69) is 29.0 Å². The zero-order valence-electron chi connectivity index (χ0n) is 23.6. The van der Waals surface area contributed by atoms with Gasteiger partial charge in [0, 0.05) is 17.5 Å². The Bertz CT molecular complexity index is 1650. The Morgan fingerprint density at radius 2 is 1.53 bits per heavy atom. The summed E-state index contributed by atoms with van der Waals surface area (Å²) in [5.41, 5.74) is -0.325. The molecule has 232 valence electrons. The van der Waals surface area contributed by atoms with Gasteiger partial charge in [-0.3, -0.25) is 14.3 Å². The van der Waals surface area contributed by atoms with E-state index in [0.29, 0.717) is 12.0 Å². The van der Waals surface area contributed by atoms with Crippen LogP contribution in [0.25, 0.3) is 10.8 Å². The third kappa shape index (κ3) is 12.9. The molecule has 0 spiro atoms. The fourth-order valence-corrected chi connectivity index (χ4v) is 5.87. The Hall–Kier alpha value is 0.200. The number of ether oxygens (including phenoxy) is 2. The van der Waals surface area contributed by atoms with E-state index in [1.54, 1.807) is 0 Å². The number of methoxy groups -OCH3 is 2. The standard InChI is InChI=1S/C20H20N2O15S4.CH4.3Na/c1-31-15-10-18(40(26,27)6-5-33-39-37-35-25)16(32-2)9-14(15)21-22-19-17(38-36-34-24)8-11-7-12(41(28,29)30)3-4-13(11)20(19)23;;;;/h3-4,7-10,23-25H,5-6H2,1-2H3,(H,28,29,30);1H4;;;/q;;3*+1/p-3. The van der Waals surface area contributed by atoms with Gasteiger partial charge in [0.2, 0.25) is 0 Å². The third-order valence-electron chi connectivity index (χ3n) is 5.06. The van der Waals surface area contributed by atoms with Crippen LogP contribution in [-0.2, 0) is 42.9 Å². The Kier molecular flexibility index (Phi) is 23.2. The van der Waals surface area contributed by atoms with E-state index in [4.69, 9.17) is 13.7 Å². The average molecular weight is 739 g/mol. The molecule has 1 N–H and O–H groups in total. The molecule has 0 unspecified atom stereocenters. The average Bonchev–Trinajstić information content (AvgIpc) is 2.94. The molecule has 0 aliphatic carbocycles. The molecule has 3 aromatic carbocycles. The molecule has 0 bridgehead atoms. The van der Waals surface area contributed by atoms with E-state index >= 15 is 0 Å². The number of phenolic OH excluding ortho intramolecular Hbond substituents is 1. The molecule has 0 atom stereocenters. The number of fused-ring (bicyclic) bond motifs is 1. The summed E-state index contributed by atoms with van der Waals surface area (Å²) in [5, 5.41) is 45.6. The molecule has 17 nitrogen and oxygen atoms in total. The van der Waals surface area contributed by atoms with Gasteiger partial charge in [0.15, 0.2) is 27.9 Å². The molecule has 0 amide bonds. The first-order chi connectivity index (χ1) is 19.5. The summed E-state index contributed by atoms with van der Waals surface area (Å²) >= 11 is 0.445. The van der Waals surface area contributed by atoms with Crippen LogP contribution in [0.1, 0.15) is 7.43 Å². The summed E-state index contributed by atoms with van der Waals surface area (Å²) in [7, 11) is -6.41. The van der Waals surface area contributed by atoms with Crippen molar-refractivity contribution in [1.29, 1.82) is 0 Å². The van der Waals surface area contributed by atoms with E-state index in [-0.39, 0.29) is 158 Å². The van der Waals surface area contributed by atoms with Gasteiger partial charge >= 0.3 is 88.7 Å². The molecule has 0 fully saturated rings. The minimum Gasteiger partial charge on any atom is -0.744 e. The van der Waals surface area contributed by atoms with Crippen LogP contribution in [0.4, 0.5) is 11.4 Å². The molecule has 3 aromatic rings. The molecule has 24 heteroatoms. The van der Waals surface area contributed by atoms with Gasteiger partial charge in [0.05, 0.1) is 48.4 Å². The number of benzene rings is 3. The first-order valence-electron chi connectivity index (χ1n) is 10.5. The smallest absolute Gasteiger partial charge is 0.744 e. The number of aromatic hydroxyl groups is 1. The second kappa shape index (κ2) is 22.0. The topological polar surface area (TPSA) is 247 Å². The summed E-state index contributed by atoms with van der Waals surface area (Å²) in [6.45, 7) is -0.387. The number of nitrogens with zero attached hydrogens (tertiary/aromatic N) is 2. The predicted octanol–water partition coefficient (Wildman–Crippen LogP) is -6.66. The zero-order chi connectivity index (χ0) is 30.2. The quantitative estimate of drug-likeness (QED) is 0.0290. The third-order valence-corrected chi connectivity index (χ3v) is 8.57. The van der Waals surface area contributed by atoms with E-state index in [9.17, 15) is 37.0 Å². The summed E-state index contributed by atoms with van der Waals surface area (Å²) in [6, 6.07) is 6.70. The minimum absolute atomic E-state index is 0. The second-order valence-electron chi connectivity index (χ2n) is 7.35. The van der Waals surface area contributed by atoms with Crippen molar-refractivity contribution in [2.24, 2.45) is 10.2 Å². The largest absolute Gasteiger partial charge is 1.00 e. The van der Waals surface area contributed by atoms with Crippen LogP contribution in [0.2, 0.25) is 0 Å². The molecule has 0 aliphatic rings. The van der Waals surface area contributed by atoms with Crippen molar-refractivity contribution in [3.05, 3.63) is 36.4 Å². The maximum atomic E-state index is 12.8. The monoisotopic (exact) mass is 738 g/mol. The van der Waals surface area contributed by atoms with Crippen LogP contribution in [-0.4, -0.2) is 53.1 Å². The summed E-state index contributed by atoms with van der Waals surface area (Å²) in [5.74, 6) is -1.32. The van der Waals surface area contributed by atoms with Gasteiger partial charge in [-0.15, -0.1) is 14.6 Å². The molecule has 45 heavy (non-hydrogen) atoms. The van der Waals surface area contributed by atoms with Crippen molar-refractivity contribution in [1.82, 2.24) is 0 Å². The van der Waals surface area contributed by atoms with Crippen molar-refractivity contribution in [2.45, 2.75) is 22.1 Å². The van der Waals surface area contributed by atoms with Crippen LogP contribution >= 0.6 is 24.4 Å². The van der Waals surface area contributed by atoms with Crippen molar-refractivity contribution in [3.63, 3.8) is 0 Å². The van der Waals surface area contributed by atoms with Crippen LogP contribution in [0.15, 0.2) is 61.3 Å². The molecule has 0 aliphatic heterocycles. The van der Waals surface area contributed by atoms with Crippen LogP contribution in [0.3, 0.4) is 0 Å². The van der Waals surface area contributed by atoms with Crippen molar-refractivity contribution in [3.8, 4) is 17.2 Å². The van der Waals surface area contributed by atoms with E-state index < -0.39 is 36.4 Å². The van der Waals surface area contributed by atoms with Crippen LogP contribution in [0, 0.1) is 0 Å².